The lowest BCUT2D eigenvalue weighted by Crippen LogP contribution is -2.47. The normalized spacial score (nSPS) is 33.3. The maximum atomic E-state index is 5.51. The molecule has 9 heavy (non-hydrogen) atoms. The van der Waals surface area contributed by atoms with Gasteiger partial charge in [-0.2, -0.15) is 0 Å². The van der Waals surface area contributed by atoms with Crippen LogP contribution in [0, 0.1) is 0 Å². The Balaban J connectivity index is 2.78. The molecule has 0 amide bonds. The Hall–Kier alpha value is -0.740. The van der Waals surface area contributed by atoms with Gasteiger partial charge in [0.1, 0.15) is 5.84 Å². The van der Waals surface area contributed by atoms with E-state index >= 15 is 0 Å². The van der Waals surface area contributed by atoms with E-state index < -0.39 is 5.25 Å². The molecule has 5 N–H and O–H groups in total. The van der Waals surface area contributed by atoms with Gasteiger partial charge in [-0.05, 0) is 6.08 Å². The van der Waals surface area contributed by atoms with Gasteiger partial charge in [0.25, 0.3) is 5.25 Å². The quantitative estimate of drug-likeness (QED) is 0.312. The van der Waals surface area contributed by atoms with E-state index in [0.29, 0.717) is 5.84 Å². The molecule has 0 bridgehead atoms. The van der Waals surface area contributed by atoms with Crippen LogP contribution in [0.2, 0.25) is 0 Å². The summed E-state index contributed by atoms with van der Waals surface area (Å²) in [4.78, 5) is 3.65. The average Bonchev–Trinajstić information content (AvgIpc) is 1.60. The number of amidine groups is 1. The molecule has 0 fully saturated rings. The molecule has 1 unspecified atom stereocenters. The number of alkyl halides is 1. The van der Waals surface area contributed by atoms with Gasteiger partial charge in [0.05, 0.1) is 0 Å². The number of nitrogens with one attached hydrogen (secondary N) is 1. The molecule has 1 atom stereocenters. The van der Waals surface area contributed by atoms with Gasteiger partial charge in [-0.1, -0.05) is 11.6 Å². The van der Waals surface area contributed by atoms with Crippen molar-refractivity contribution in [3.05, 3.63) is 12.3 Å². The number of hydrogen-bond donors (Lipinski definition) is 3. The van der Waals surface area contributed by atoms with Crippen molar-refractivity contribution >= 4 is 17.4 Å². The van der Waals surface area contributed by atoms with Crippen LogP contribution in [0.4, 0.5) is 0 Å². The molecule has 0 aliphatic carbocycles. The standard InChI is InChI=1S/C4H7ClN4/c5-4(7)8-2-1-3(6)9-4/h1-2,8H,7H2,(H2,6,9). The maximum absolute atomic E-state index is 5.51. The van der Waals surface area contributed by atoms with E-state index in [2.05, 4.69) is 10.3 Å². The molecule has 1 aliphatic rings. The number of hydrogen-bond acceptors (Lipinski definition) is 4. The molecule has 1 rings (SSSR count). The van der Waals surface area contributed by atoms with Crippen molar-refractivity contribution in [1.82, 2.24) is 5.32 Å². The Bertz CT molecular complexity index is 171. The van der Waals surface area contributed by atoms with Crippen molar-refractivity contribution in [3.63, 3.8) is 0 Å². The third-order valence-electron chi connectivity index (χ3n) is 0.832. The number of halogens is 1. The van der Waals surface area contributed by atoms with E-state index in [1.54, 1.807) is 12.3 Å². The first-order chi connectivity index (χ1) is 4.10. The SMILES string of the molecule is NC1=NC(N)(Cl)NC=C1. The highest BCUT2D eigenvalue weighted by Crippen LogP contribution is 2.06. The summed E-state index contributed by atoms with van der Waals surface area (Å²) in [6, 6.07) is 0. The second-order valence-corrected chi connectivity index (χ2v) is 2.26. The summed E-state index contributed by atoms with van der Waals surface area (Å²) in [6.07, 6.45) is 3.13. The summed E-state index contributed by atoms with van der Waals surface area (Å²) in [5.41, 5.74) is 10.6. The topological polar surface area (TPSA) is 76.4 Å². The Kier molecular flexibility index (Phi) is 1.34. The lowest BCUT2D eigenvalue weighted by atomic mass is 10.5. The third kappa shape index (κ3) is 1.58. The van der Waals surface area contributed by atoms with E-state index in [-0.39, 0.29) is 0 Å². The van der Waals surface area contributed by atoms with Crippen LogP contribution >= 0.6 is 11.6 Å². The van der Waals surface area contributed by atoms with Gasteiger partial charge in [-0.15, -0.1) is 0 Å². The molecule has 0 radical (unpaired) electrons. The smallest absolute Gasteiger partial charge is 0.264 e. The highest BCUT2D eigenvalue weighted by molar-refractivity contribution is 6.24. The van der Waals surface area contributed by atoms with Crippen LogP contribution in [-0.2, 0) is 0 Å². The Morgan fingerprint density at radius 3 is 2.78 bits per heavy atom. The van der Waals surface area contributed by atoms with Crippen LogP contribution in [0.1, 0.15) is 0 Å². The first-order valence-corrected chi connectivity index (χ1v) is 2.75. The molecular formula is C4H7ClN4. The molecule has 0 aromatic rings. The fraction of sp³-hybridized carbons (Fsp3) is 0.250. The Labute approximate surface area is 57.6 Å². The zero-order chi connectivity index (χ0) is 6.91. The monoisotopic (exact) mass is 146 g/mol. The van der Waals surface area contributed by atoms with Crippen LogP contribution in [0.3, 0.4) is 0 Å². The van der Waals surface area contributed by atoms with Gasteiger partial charge in [0.15, 0.2) is 0 Å². The molecule has 4 nitrogen and oxygen atoms in total. The molecule has 0 spiro atoms. The molecule has 0 saturated carbocycles. The fourth-order valence-corrected chi connectivity index (χ4v) is 0.662. The van der Waals surface area contributed by atoms with Crippen molar-refractivity contribution in [2.45, 2.75) is 5.25 Å². The minimum atomic E-state index is -1.25. The molecule has 1 heterocycles. The van der Waals surface area contributed by atoms with E-state index in [9.17, 15) is 0 Å². The molecular weight excluding hydrogens is 140 g/mol. The highest BCUT2D eigenvalue weighted by atomic mass is 35.5. The second kappa shape index (κ2) is 1.89. The minimum Gasteiger partial charge on any atom is -0.384 e. The van der Waals surface area contributed by atoms with E-state index in [1.807, 2.05) is 0 Å². The minimum absolute atomic E-state index is 0.325. The number of nitrogens with zero attached hydrogens (tertiary/aromatic N) is 1. The van der Waals surface area contributed by atoms with Gasteiger partial charge in [-0.3, -0.25) is 5.73 Å². The number of nitrogens with two attached hydrogens (primary N) is 2. The summed E-state index contributed by atoms with van der Waals surface area (Å²) in [6.45, 7) is 0. The first kappa shape index (κ1) is 6.38. The molecule has 0 saturated heterocycles. The summed E-state index contributed by atoms with van der Waals surface area (Å²) < 4.78 is 0. The molecule has 5 heteroatoms. The summed E-state index contributed by atoms with van der Waals surface area (Å²) in [5, 5.41) is 1.33. The van der Waals surface area contributed by atoms with Gasteiger partial charge >= 0.3 is 0 Å². The predicted octanol–water partition coefficient (Wildman–Crippen LogP) is -0.731. The summed E-state index contributed by atoms with van der Waals surface area (Å²) >= 11 is 5.51. The second-order valence-electron chi connectivity index (χ2n) is 1.69. The van der Waals surface area contributed by atoms with Gasteiger partial charge < -0.3 is 11.1 Å². The molecule has 0 aromatic heterocycles. The largest absolute Gasteiger partial charge is 0.384 e. The Morgan fingerprint density at radius 2 is 2.44 bits per heavy atom. The van der Waals surface area contributed by atoms with Crippen LogP contribution in [-0.4, -0.2) is 11.1 Å². The first-order valence-electron chi connectivity index (χ1n) is 2.37. The lowest BCUT2D eigenvalue weighted by Gasteiger charge is -2.20. The van der Waals surface area contributed by atoms with Crippen LogP contribution in [0.25, 0.3) is 0 Å². The van der Waals surface area contributed by atoms with Crippen molar-refractivity contribution < 1.29 is 0 Å². The molecule has 0 aromatic carbocycles. The van der Waals surface area contributed by atoms with Crippen LogP contribution in [0.5, 0.6) is 0 Å². The Morgan fingerprint density at radius 1 is 1.78 bits per heavy atom. The zero-order valence-electron chi connectivity index (χ0n) is 4.63. The lowest BCUT2D eigenvalue weighted by molar-refractivity contribution is 0.561. The van der Waals surface area contributed by atoms with E-state index in [4.69, 9.17) is 23.1 Å². The van der Waals surface area contributed by atoms with Crippen LogP contribution in [0.15, 0.2) is 17.3 Å². The summed E-state index contributed by atoms with van der Waals surface area (Å²) in [5.74, 6) is 0.325. The van der Waals surface area contributed by atoms with E-state index in [0.717, 1.165) is 0 Å². The van der Waals surface area contributed by atoms with Crippen molar-refractivity contribution in [2.24, 2.45) is 16.5 Å². The van der Waals surface area contributed by atoms with E-state index in [1.165, 1.54) is 0 Å². The number of rotatable bonds is 0. The highest BCUT2D eigenvalue weighted by Gasteiger charge is 2.19. The number of aliphatic imine (C=N–C) groups is 1. The van der Waals surface area contributed by atoms with Crippen molar-refractivity contribution in [1.29, 1.82) is 0 Å². The van der Waals surface area contributed by atoms with Crippen LogP contribution < -0.4 is 16.8 Å². The van der Waals surface area contributed by atoms with Gasteiger partial charge in [0.2, 0.25) is 0 Å². The predicted molar refractivity (Wildman–Crippen MR) is 36.7 cm³/mol. The van der Waals surface area contributed by atoms with Gasteiger partial charge in [-0.25, -0.2) is 4.99 Å². The molecule has 50 valence electrons. The average molecular weight is 147 g/mol. The third-order valence-corrected chi connectivity index (χ3v) is 1.03. The maximum Gasteiger partial charge on any atom is 0.264 e. The van der Waals surface area contributed by atoms with Crippen molar-refractivity contribution in [2.75, 3.05) is 0 Å². The van der Waals surface area contributed by atoms with Crippen molar-refractivity contribution in [3.8, 4) is 0 Å². The zero-order valence-corrected chi connectivity index (χ0v) is 5.39. The van der Waals surface area contributed by atoms with Gasteiger partial charge in [0, 0.05) is 6.20 Å². The summed E-state index contributed by atoms with van der Waals surface area (Å²) in [7, 11) is 0. The molecule has 1 aliphatic heterocycles. The fourth-order valence-electron chi connectivity index (χ4n) is 0.501.